The maximum atomic E-state index is 12.4. The number of halogens is 1. The molecule has 1 amide bonds. The lowest BCUT2D eigenvalue weighted by molar-refractivity contribution is 0.103. The number of hydrogen-bond acceptors (Lipinski definition) is 4. The van der Waals surface area contributed by atoms with Gasteiger partial charge in [-0.05, 0) is 30.7 Å². The van der Waals surface area contributed by atoms with Gasteiger partial charge in [0, 0.05) is 20.8 Å². The highest BCUT2D eigenvalue weighted by Crippen LogP contribution is 2.35. The zero-order valence-electron chi connectivity index (χ0n) is 11.2. The van der Waals surface area contributed by atoms with Gasteiger partial charge in [0.15, 0.2) is 0 Å². The first-order chi connectivity index (χ1) is 10.0. The van der Waals surface area contributed by atoms with E-state index < -0.39 is 0 Å². The number of thiophene rings is 1. The Hall–Kier alpha value is -1.92. The minimum atomic E-state index is -0.211. The van der Waals surface area contributed by atoms with E-state index in [1.54, 1.807) is 12.4 Å². The predicted octanol–water partition coefficient (Wildman–Crippen LogP) is 4.20. The van der Waals surface area contributed by atoms with E-state index >= 15 is 0 Å². The standard InChI is InChI=1S/C15H12BrN3OS/c1-8-4-10(7-18-6-8)19-15(20)14-13(17)11-3-2-9(16)5-12(11)21-14/h2-7H,17H2,1H3,(H,19,20). The van der Waals surface area contributed by atoms with Gasteiger partial charge in [-0.2, -0.15) is 0 Å². The summed E-state index contributed by atoms with van der Waals surface area (Å²) < 4.78 is 1.94. The zero-order chi connectivity index (χ0) is 15.0. The molecule has 0 saturated heterocycles. The third kappa shape index (κ3) is 2.77. The van der Waals surface area contributed by atoms with Crippen molar-refractivity contribution >= 4 is 54.6 Å². The minimum Gasteiger partial charge on any atom is -0.397 e. The van der Waals surface area contributed by atoms with Crippen LogP contribution in [0.1, 0.15) is 15.2 Å². The number of benzene rings is 1. The highest BCUT2D eigenvalue weighted by Gasteiger charge is 2.16. The highest BCUT2D eigenvalue weighted by molar-refractivity contribution is 9.10. The van der Waals surface area contributed by atoms with Crippen LogP contribution >= 0.6 is 27.3 Å². The third-order valence-electron chi connectivity index (χ3n) is 3.03. The van der Waals surface area contributed by atoms with Crippen LogP contribution in [0.5, 0.6) is 0 Å². The molecule has 0 aliphatic heterocycles. The van der Waals surface area contributed by atoms with Crippen molar-refractivity contribution in [3.8, 4) is 0 Å². The Balaban J connectivity index is 1.96. The first kappa shape index (κ1) is 14.0. The average molecular weight is 362 g/mol. The van der Waals surface area contributed by atoms with Crippen molar-refractivity contribution in [3.63, 3.8) is 0 Å². The van der Waals surface area contributed by atoms with E-state index in [0.717, 1.165) is 20.1 Å². The molecule has 0 unspecified atom stereocenters. The maximum absolute atomic E-state index is 12.4. The first-order valence-corrected chi connectivity index (χ1v) is 7.86. The number of nitrogen functional groups attached to an aromatic ring is 1. The summed E-state index contributed by atoms with van der Waals surface area (Å²) in [6.07, 6.45) is 3.35. The molecule has 6 heteroatoms. The van der Waals surface area contributed by atoms with E-state index in [1.165, 1.54) is 11.3 Å². The Morgan fingerprint density at radius 2 is 2.14 bits per heavy atom. The molecular formula is C15H12BrN3OS. The number of anilines is 2. The maximum Gasteiger partial charge on any atom is 0.267 e. The molecule has 0 radical (unpaired) electrons. The highest BCUT2D eigenvalue weighted by atomic mass is 79.9. The van der Waals surface area contributed by atoms with Crippen LogP contribution < -0.4 is 11.1 Å². The van der Waals surface area contributed by atoms with Crippen LogP contribution in [0.25, 0.3) is 10.1 Å². The predicted molar refractivity (Wildman–Crippen MR) is 90.9 cm³/mol. The van der Waals surface area contributed by atoms with Gasteiger partial charge in [-0.25, -0.2) is 0 Å². The van der Waals surface area contributed by atoms with E-state index in [0.29, 0.717) is 16.3 Å². The summed E-state index contributed by atoms with van der Waals surface area (Å²) in [5.74, 6) is -0.211. The fraction of sp³-hybridized carbons (Fsp3) is 0.0667. The molecule has 0 atom stereocenters. The molecule has 3 N–H and O–H groups in total. The number of carbonyl (C=O) groups excluding carboxylic acids is 1. The number of nitrogens with one attached hydrogen (secondary N) is 1. The summed E-state index contributed by atoms with van der Waals surface area (Å²) in [5, 5.41) is 3.73. The van der Waals surface area contributed by atoms with Crippen LogP contribution in [0.2, 0.25) is 0 Å². The van der Waals surface area contributed by atoms with Gasteiger partial charge in [0.05, 0.1) is 17.6 Å². The largest absolute Gasteiger partial charge is 0.397 e. The van der Waals surface area contributed by atoms with Crippen molar-refractivity contribution < 1.29 is 4.79 Å². The van der Waals surface area contributed by atoms with Gasteiger partial charge in [0.1, 0.15) is 4.88 Å². The molecule has 3 aromatic rings. The lowest BCUT2D eigenvalue weighted by Crippen LogP contribution is -2.12. The lowest BCUT2D eigenvalue weighted by Gasteiger charge is -2.04. The normalized spacial score (nSPS) is 10.8. The number of hydrogen-bond donors (Lipinski definition) is 2. The number of rotatable bonds is 2. The van der Waals surface area contributed by atoms with Crippen LogP contribution in [0.3, 0.4) is 0 Å². The molecule has 0 fully saturated rings. The lowest BCUT2D eigenvalue weighted by atomic mass is 10.2. The SMILES string of the molecule is Cc1cncc(NC(=O)c2sc3cc(Br)ccc3c2N)c1. The Morgan fingerprint density at radius 1 is 1.33 bits per heavy atom. The van der Waals surface area contributed by atoms with Gasteiger partial charge >= 0.3 is 0 Å². The minimum absolute atomic E-state index is 0.211. The number of amides is 1. The van der Waals surface area contributed by atoms with Gasteiger partial charge in [0.25, 0.3) is 5.91 Å². The molecule has 0 saturated carbocycles. The number of nitrogens with zero attached hydrogens (tertiary/aromatic N) is 1. The molecule has 106 valence electrons. The summed E-state index contributed by atoms with van der Waals surface area (Å²) in [6, 6.07) is 7.65. The number of carbonyl (C=O) groups is 1. The van der Waals surface area contributed by atoms with Crippen molar-refractivity contribution in [2.75, 3.05) is 11.1 Å². The molecule has 0 aliphatic carbocycles. The number of pyridine rings is 1. The zero-order valence-corrected chi connectivity index (χ0v) is 13.6. The molecule has 4 nitrogen and oxygen atoms in total. The Bertz CT molecular complexity index is 844. The molecule has 2 aromatic heterocycles. The average Bonchev–Trinajstić information content (AvgIpc) is 2.75. The smallest absolute Gasteiger partial charge is 0.267 e. The summed E-state index contributed by atoms with van der Waals surface area (Å²) in [7, 11) is 0. The molecular weight excluding hydrogens is 350 g/mol. The Morgan fingerprint density at radius 3 is 2.90 bits per heavy atom. The summed E-state index contributed by atoms with van der Waals surface area (Å²) >= 11 is 4.80. The first-order valence-electron chi connectivity index (χ1n) is 6.25. The quantitative estimate of drug-likeness (QED) is 0.718. The van der Waals surface area contributed by atoms with Crippen LogP contribution in [0.15, 0.2) is 41.1 Å². The van der Waals surface area contributed by atoms with Gasteiger partial charge in [-0.3, -0.25) is 9.78 Å². The van der Waals surface area contributed by atoms with Gasteiger partial charge in [-0.15, -0.1) is 11.3 Å². The molecule has 0 aliphatic rings. The fourth-order valence-corrected chi connectivity index (χ4v) is 3.64. The second-order valence-electron chi connectivity index (χ2n) is 4.69. The van der Waals surface area contributed by atoms with Crippen molar-refractivity contribution in [3.05, 3.63) is 51.6 Å². The third-order valence-corrected chi connectivity index (χ3v) is 4.69. The molecule has 1 aromatic carbocycles. The molecule has 0 spiro atoms. The van der Waals surface area contributed by atoms with Crippen LogP contribution in [0, 0.1) is 6.92 Å². The summed E-state index contributed by atoms with van der Waals surface area (Å²) in [6.45, 7) is 1.92. The van der Waals surface area contributed by atoms with Crippen molar-refractivity contribution in [2.45, 2.75) is 6.92 Å². The van der Waals surface area contributed by atoms with Gasteiger partial charge < -0.3 is 11.1 Å². The number of aryl methyl sites for hydroxylation is 1. The molecule has 3 rings (SSSR count). The Labute approximate surface area is 134 Å². The van der Waals surface area contributed by atoms with Crippen molar-refractivity contribution in [1.82, 2.24) is 4.98 Å². The van der Waals surface area contributed by atoms with Gasteiger partial charge in [-0.1, -0.05) is 22.0 Å². The van der Waals surface area contributed by atoms with E-state index in [4.69, 9.17) is 5.73 Å². The fourth-order valence-electron chi connectivity index (χ4n) is 2.07. The van der Waals surface area contributed by atoms with Crippen LogP contribution in [-0.4, -0.2) is 10.9 Å². The summed E-state index contributed by atoms with van der Waals surface area (Å²) in [4.78, 5) is 17.0. The van der Waals surface area contributed by atoms with E-state index in [-0.39, 0.29) is 5.91 Å². The second-order valence-corrected chi connectivity index (χ2v) is 6.66. The number of aromatic nitrogens is 1. The van der Waals surface area contributed by atoms with Crippen LogP contribution in [0.4, 0.5) is 11.4 Å². The second kappa shape index (κ2) is 5.46. The number of fused-ring (bicyclic) bond motifs is 1. The van der Waals surface area contributed by atoms with Crippen LogP contribution in [-0.2, 0) is 0 Å². The Kier molecular flexibility index (Phi) is 3.65. The monoisotopic (exact) mass is 361 g/mol. The van der Waals surface area contributed by atoms with E-state index in [2.05, 4.69) is 26.2 Å². The molecule has 0 bridgehead atoms. The van der Waals surface area contributed by atoms with E-state index in [1.807, 2.05) is 31.2 Å². The van der Waals surface area contributed by atoms with E-state index in [9.17, 15) is 4.79 Å². The number of nitrogens with two attached hydrogens (primary N) is 1. The van der Waals surface area contributed by atoms with Gasteiger partial charge in [0.2, 0.25) is 0 Å². The molecule has 21 heavy (non-hydrogen) atoms. The van der Waals surface area contributed by atoms with Crippen molar-refractivity contribution in [2.24, 2.45) is 0 Å². The summed E-state index contributed by atoms with van der Waals surface area (Å²) in [5.41, 5.74) is 8.26. The topological polar surface area (TPSA) is 68.0 Å². The van der Waals surface area contributed by atoms with Crippen molar-refractivity contribution in [1.29, 1.82) is 0 Å². The molecule has 2 heterocycles.